The monoisotopic (exact) mass is 358 g/mol. The molecule has 1 aromatic heterocycles. The van der Waals surface area contributed by atoms with Crippen LogP contribution in [0.4, 0.5) is 0 Å². The Balaban J connectivity index is 1.87. The topological polar surface area (TPSA) is 65.7 Å². The van der Waals surface area contributed by atoms with Gasteiger partial charge in [0.1, 0.15) is 5.75 Å². The molecule has 0 saturated carbocycles. The molecule has 1 atom stereocenters. The number of methoxy groups -OCH3 is 1. The summed E-state index contributed by atoms with van der Waals surface area (Å²) in [5.41, 5.74) is 1.56. The van der Waals surface area contributed by atoms with Crippen LogP contribution in [-0.4, -0.2) is 40.3 Å². The Morgan fingerprint density at radius 1 is 1.15 bits per heavy atom. The number of aromatic nitrogens is 2. The molecule has 1 aromatic carbocycles. The van der Waals surface area contributed by atoms with E-state index in [-0.39, 0.29) is 0 Å². The van der Waals surface area contributed by atoms with Gasteiger partial charge in [0.2, 0.25) is 0 Å². The second kappa shape index (κ2) is 6.72. The zero-order valence-electron chi connectivity index (χ0n) is 16.3. The number of rotatable bonds is 5. The fraction of sp³-hybridized carbons (Fsp3) is 0.526. The van der Waals surface area contributed by atoms with Crippen LogP contribution in [0.25, 0.3) is 0 Å². The number of benzene rings is 1. The van der Waals surface area contributed by atoms with Gasteiger partial charge in [0.05, 0.1) is 36.7 Å². The molecule has 1 aliphatic heterocycles. The maximum Gasteiger partial charge on any atom is 0.498 e. The summed E-state index contributed by atoms with van der Waals surface area (Å²) in [6.45, 7) is 10.3. The van der Waals surface area contributed by atoms with Gasteiger partial charge >= 0.3 is 7.12 Å². The molecule has 0 aliphatic carbocycles. The lowest BCUT2D eigenvalue weighted by Gasteiger charge is -2.32. The van der Waals surface area contributed by atoms with Gasteiger partial charge in [0.15, 0.2) is 0 Å². The third-order valence-electron chi connectivity index (χ3n) is 5.23. The molecular formula is C19H27BN2O4. The van der Waals surface area contributed by atoms with Crippen molar-refractivity contribution in [3.63, 3.8) is 0 Å². The van der Waals surface area contributed by atoms with Crippen LogP contribution in [-0.2, 0) is 15.9 Å². The summed E-state index contributed by atoms with van der Waals surface area (Å²) in [7, 11) is 1.10. The average Bonchev–Trinajstić information content (AvgIpc) is 3.07. The fourth-order valence-electron chi connectivity index (χ4n) is 2.93. The summed E-state index contributed by atoms with van der Waals surface area (Å²) in [6.07, 6.45) is 1.19. The van der Waals surface area contributed by atoms with Crippen molar-refractivity contribution in [2.75, 3.05) is 7.11 Å². The summed E-state index contributed by atoms with van der Waals surface area (Å²) < 4.78 is 19.3. The van der Waals surface area contributed by atoms with Crippen molar-refractivity contribution in [3.8, 4) is 5.75 Å². The van der Waals surface area contributed by atoms with Gasteiger partial charge in [-0.2, -0.15) is 5.10 Å². The molecule has 1 unspecified atom stereocenters. The van der Waals surface area contributed by atoms with Crippen molar-refractivity contribution in [3.05, 3.63) is 41.7 Å². The van der Waals surface area contributed by atoms with Crippen molar-refractivity contribution in [1.82, 2.24) is 9.78 Å². The first-order valence-corrected chi connectivity index (χ1v) is 8.87. The standard InChI is InChI=1S/C19H27BN2O4/c1-13(23)17-16(20-25-18(2,3)19(4,5)26-20)12-22(21-17)11-14-7-9-15(24-6)10-8-14/h7-10,12-13,23H,11H2,1-6H3. The molecule has 3 rings (SSSR count). The third-order valence-corrected chi connectivity index (χ3v) is 5.23. The van der Waals surface area contributed by atoms with Crippen molar-refractivity contribution in [2.45, 2.75) is 58.5 Å². The lowest BCUT2D eigenvalue weighted by molar-refractivity contribution is 0.00578. The zero-order chi connectivity index (χ0) is 19.1. The van der Waals surface area contributed by atoms with Crippen molar-refractivity contribution in [1.29, 1.82) is 0 Å². The molecule has 0 radical (unpaired) electrons. The fourth-order valence-corrected chi connectivity index (χ4v) is 2.93. The highest BCUT2D eigenvalue weighted by atomic mass is 16.7. The van der Waals surface area contributed by atoms with Crippen LogP contribution < -0.4 is 10.2 Å². The number of hydrogen-bond donors (Lipinski definition) is 1. The van der Waals surface area contributed by atoms with E-state index in [0.29, 0.717) is 12.2 Å². The minimum Gasteiger partial charge on any atom is -0.497 e. The Morgan fingerprint density at radius 2 is 1.73 bits per heavy atom. The average molecular weight is 358 g/mol. The maximum absolute atomic E-state index is 10.2. The van der Waals surface area contributed by atoms with Crippen LogP contribution in [0, 0.1) is 0 Å². The molecule has 1 aliphatic rings. The van der Waals surface area contributed by atoms with E-state index in [4.69, 9.17) is 14.0 Å². The molecule has 0 bridgehead atoms. The van der Waals surface area contributed by atoms with Crippen molar-refractivity contribution >= 4 is 12.6 Å². The highest BCUT2D eigenvalue weighted by Gasteiger charge is 2.53. The maximum atomic E-state index is 10.2. The van der Waals surface area contributed by atoms with Crippen molar-refractivity contribution < 1.29 is 19.2 Å². The van der Waals surface area contributed by atoms with Crippen LogP contribution in [0.1, 0.15) is 52.0 Å². The molecule has 2 aromatic rings. The number of hydrogen-bond acceptors (Lipinski definition) is 5. The second-order valence-electron chi connectivity index (χ2n) is 7.78. The first kappa shape index (κ1) is 19.0. The number of ether oxygens (including phenoxy) is 1. The van der Waals surface area contributed by atoms with Gasteiger partial charge < -0.3 is 19.2 Å². The van der Waals surface area contributed by atoms with Gasteiger partial charge in [-0.05, 0) is 52.3 Å². The largest absolute Gasteiger partial charge is 0.498 e. The number of aliphatic hydroxyl groups excluding tert-OH is 1. The van der Waals surface area contributed by atoms with Gasteiger partial charge in [0.25, 0.3) is 0 Å². The summed E-state index contributed by atoms with van der Waals surface area (Å²) in [6, 6.07) is 7.83. The van der Waals surface area contributed by atoms with Crippen LogP contribution in [0.2, 0.25) is 0 Å². The lowest BCUT2D eigenvalue weighted by atomic mass is 9.78. The van der Waals surface area contributed by atoms with E-state index in [2.05, 4.69) is 5.10 Å². The minimum absolute atomic E-state index is 0.439. The van der Waals surface area contributed by atoms with Crippen LogP contribution >= 0.6 is 0 Å². The van der Waals surface area contributed by atoms with E-state index >= 15 is 0 Å². The Morgan fingerprint density at radius 3 is 2.23 bits per heavy atom. The Bertz CT molecular complexity index is 752. The Kier molecular flexibility index (Phi) is 4.90. The summed E-state index contributed by atoms with van der Waals surface area (Å²) in [5, 5.41) is 14.7. The van der Waals surface area contributed by atoms with E-state index in [1.165, 1.54) is 0 Å². The van der Waals surface area contributed by atoms with E-state index < -0.39 is 24.4 Å². The zero-order valence-corrected chi connectivity index (χ0v) is 16.3. The van der Waals surface area contributed by atoms with Gasteiger partial charge in [-0.25, -0.2) is 0 Å². The van der Waals surface area contributed by atoms with Gasteiger partial charge in [-0.3, -0.25) is 4.68 Å². The molecule has 0 spiro atoms. The quantitative estimate of drug-likeness (QED) is 0.831. The molecule has 140 valence electrons. The van der Waals surface area contributed by atoms with Crippen molar-refractivity contribution in [2.24, 2.45) is 0 Å². The van der Waals surface area contributed by atoms with E-state index in [1.807, 2.05) is 62.8 Å². The predicted molar refractivity (Wildman–Crippen MR) is 101 cm³/mol. The molecule has 1 fully saturated rings. The molecule has 0 amide bonds. The summed E-state index contributed by atoms with van der Waals surface area (Å²) in [4.78, 5) is 0. The molecule has 2 heterocycles. The summed E-state index contributed by atoms with van der Waals surface area (Å²) >= 11 is 0. The first-order valence-electron chi connectivity index (χ1n) is 8.87. The molecular weight excluding hydrogens is 331 g/mol. The highest BCUT2D eigenvalue weighted by Crippen LogP contribution is 2.36. The summed E-state index contributed by atoms with van der Waals surface area (Å²) in [5.74, 6) is 0.816. The minimum atomic E-state index is -0.707. The Labute approximate surface area is 155 Å². The van der Waals surface area contributed by atoms with Gasteiger partial charge in [-0.1, -0.05) is 12.1 Å². The highest BCUT2D eigenvalue weighted by molar-refractivity contribution is 6.62. The molecule has 1 saturated heterocycles. The lowest BCUT2D eigenvalue weighted by Crippen LogP contribution is -2.41. The van der Waals surface area contributed by atoms with E-state index in [9.17, 15) is 5.11 Å². The number of aliphatic hydroxyl groups is 1. The molecule has 7 heteroatoms. The van der Waals surface area contributed by atoms with Gasteiger partial charge in [-0.15, -0.1) is 0 Å². The van der Waals surface area contributed by atoms with Crippen LogP contribution in [0.15, 0.2) is 30.5 Å². The predicted octanol–water partition coefficient (Wildman–Crippen LogP) is 2.29. The van der Waals surface area contributed by atoms with E-state index in [0.717, 1.165) is 16.8 Å². The normalized spacial score (nSPS) is 19.6. The molecule has 26 heavy (non-hydrogen) atoms. The SMILES string of the molecule is COc1ccc(Cn2cc(B3OC(C)(C)C(C)(C)O3)c(C(C)O)n2)cc1. The third kappa shape index (κ3) is 3.52. The smallest absolute Gasteiger partial charge is 0.497 e. The second-order valence-corrected chi connectivity index (χ2v) is 7.78. The Hall–Kier alpha value is -1.83. The van der Waals surface area contributed by atoms with Gasteiger partial charge in [0, 0.05) is 11.7 Å². The molecule has 1 N–H and O–H groups in total. The van der Waals surface area contributed by atoms with Crippen LogP contribution in [0.5, 0.6) is 5.75 Å². The number of nitrogens with zero attached hydrogens (tertiary/aromatic N) is 2. The van der Waals surface area contributed by atoms with E-state index in [1.54, 1.807) is 14.0 Å². The first-order chi connectivity index (χ1) is 12.1. The van der Waals surface area contributed by atoms with Crippen LogP contribution in [0.3, 0.4) is 0 Å². The molecule has 6 nitrogen and oxygen atoms in total.